The predicted octanol–water partition coefficient (Wildman–Crippen LogP) is 1.10. The Labute approximate surface area is 89.2 Å². The summed E-state index contributed by atoms with van der Waals surface area (Å²) in [5, 5.41) is 0. The molecule has 0 radical (unpaired) electrons. The van der Waals surface area contributed by atoms with Crippen molar-refractivity contribution in [1.29, 1.82) is 0 Å². The van der Waals surface area contributed by atoms with Gasteiger partial charge in [0.2, 0.25) is 0 Å². The third kappa shape index (κ3) is 1.85. The molecule has 0 bridgehead atoms. The molecule has 2 N–H and O–H groups in total. The third-order valence-electron chi connectivity index (χ3n) is 2.50. The van der Waals surface area contributed by atoms with Crippen molar-refractivity contribution < 1.29 is 0 Å². The van der Waals surface area contributed by atoms with E-state index in [0.29, 0.717) is 6.54 Å². The number of fused-ring (bicyclic) bond motifs is 1. The molecule has 0 aliphatic rings. The van der Waals surface area contributed by atoms with Gasteiger partial charge < -0.3 is 5.73 Å². The molecule has 0 saturated carbocycles. The fourth-order valence-electron chi connectivity index (χ4n) is 1.70. The number of aryl methyl sites for hydroxylation is 2. The van der Waals surface area contributed by atoms with Crippen molar-refractivity contribution in [2.75, 3.05) is 6.54 Å². The molecule has 0 aromatic carbocycles. The van der Waals surface area contributed by atoms with Crippen LogP contribution in [0.3, 0.4) is 0 Å². The Bertz CT molecular complexity index is 473. The van der Waals surface area contributed by atoms with E-state index < -0.39 is 0 Å². The summed E-state index contributed by atoms with van der Waals surface area (Å²) in [7, 11) is 0. The average molecular weight is 204 g/mol. The molecule has 0 amide bonds. The molecule has 2 aromatic heterocycles. The highest BCUT2D eigenvalue weighted by atomic mass is 15.1. The Hall–Kier alpha value is -1.42. The Morgan fingerprint density at radius 2 is 2.13 bits per heavy atom. The van der Waals surface area contributed by atoms with Crippen molar-refractivity contribution in [3.8, 4) is 0 Å². The summed E-state index contributed by atoms with van der Waals surface area (Å²) in [5.41, 5.74) is 8.61. The molecule has 0 fully saturated rings. The monoisotopic (exact) mass is 204 g/mol. The molecule has 4 nitrogen and oxygen atoms in total. The van der Waals surface area contributed by atoms with Crippen molar-refractivity contribution >= 4 is 5.65 Å². The second-order valence-electron chi connectivity index (χ2n) is 3.65. The van der Waals surface area contributed by atoms with E-state index in [9.17, 15) is 0 Å². The standard InChI is InChI=1S/C11H16N4/c1-3-9-6-11-14-10(4-5-12)7-15(11)8(2)13-9/h6-7H,3-5,12H2,1-2H3. The Morgan fingerprint density at radius 3 is 2.80 bits per heavy atom. The lowest BCUT2D eigenvalue weighted by Gasteiger charge is -2.01. The summed E-state index contributed by atoms with van der Waals surface area (Å²) in [6.07, 6.45) is 3.78. The fraction of sp³-hybridized carbons (Fsp3) is 0.455. The topological polar surface area (TPSA) is 56.2 Å². The molecular weight excluding hydrogens is 188 g/mol. The van der Waals surface area contributed by atoms with Crippen molar-refractivity contribution in [2.45, 2.75) is 26.7 Å². The first-order chi connectivity index (χ1) is 7.24. The van der Waals surface area contributed by atoms with Gasteiger partial charge in [-0.15, -0.1) is 0 Å². The van der Waals surface area contributed by atoms with Gasteiger partial charge in [-0.3, -0.25) is 4.40 Å². The lowest BCUT2D eigenvalue weighted by Crippen LogP contribution is -2.02. The van der Waals surface area contributed by atoms with Crippen LogP contribution in [0.5, 0.6) is 0 Å². The second-order valence-corrected chi connectivity index (χ2v) is 3.65. The fourth-order valence-corrected chi connectivity index (χ4v) is 1.70. The highest BCUT2D eigenvalue weighted by Gasteiger charge is 2.05. The molecule has 2 rings (SSSR count). The maximum Gasteiger partial charge on any atom is 0.140 e. The highest BCUT2D eigenvalue weighted by Crippen LogP contribution is 2.09. The molecule has 2 aromatic rings. The van der Waals surface area contributed by atoms with Crippen LogP contribution in [0.1, 0.15) is 24.1 Å². The molecule has 0 saturated heterocycles. The smallest absolute Gasteiger partial charge is 0.140 e. The van der Waals surface area contributed by atoms with E-state index >= 15 is 0 Å². The normalized spacial score (nSPS) is 11.1. The van der Waals surface area contributed by atoms with Gasteiger partial charge >= 0.3 is 0 Å². The largest absolute Gasteiger partial charge is 0.330 e. The van der Waals surface area contributed by atoms with Crippen LogP contribution in [0.4, 0.5) is 0 Å². The quantitative estimate of drug-likeness (QED) is 0.814. The third-order valence-corrected chi connectivity index (χ3v) is 2.50. The summed E-state index contributed by atoms with van der Waals surface area (Å²) >= 11 is 0. The average Bonchev–Trinajstić information content (AvgIpc) is 2.61. The van der Waals surface area contributed by atoms with Crippen molar-refractivity contribution in [2.24, 2.45) is 5.73 Å². The molecular formula is C11H16N4. The van der Waals surface area contributed by atoms with Crippen molar-refractivity contribution in [3.05, 3.63) is 29.5 Å². The van der Waals surface area contributed by atoms with Gasteiger partial charge in [-0.1, -0.05) is 6.92 Å². The van der Waals surface area contributed by atoms with Gasteiger partial charge in [0.05, 0.1) is 5.69 Å². The number of imidazole rings is 1. The first-order valence-corrected chi connectivity index (χ1v) is 5.29. The number of nitrogens with zero attached hydrogens (tertiary/aromatic N) is 3. The Balaban J connectivity index is 2.54. The lowest BCUT2D eigenvalue weighted by molar-refractivity contribution is 0.914. The summed E-state index contributed by atoms with van der Waals surface area (Å²) < 4.78 is 2.02. The number of nitrogens with two attached hydrogens (primary N) is 1. The van der Waals surface area contributed by atoms with Crippen molar-refractivity contribution in [3.63, 3.8) is 0 Å². The van der Waals surface area contributed by atoms with Gasteiger partial charge in [-0.2, -0.15) is 0 Å². The van der Waals surface area contributed by atoms with E-state index in [1.54, 1.807) is 0 Å². The van der Waals surface area contributed by atoms with Gasteiger partial charge in [0, 0.05) is 24.4 Å². The molecule has 0 spiro atoms. The van der Waals surface area contributed by atoms with Gasteiger partial charge in [-0.05, 0) is 19.9 Å². The first-order valence-electron chi connectivity index (χ1n) is 5.29. The zero-order chi connectivity index (χ0) is 10.8. The van der Waals surface area contributed by atoms with Crippen LogP contribution in [-0.2, 0) is 12.8 Å². The minimum absolute atomic E-state index is 0.636. The van der Waals surface area contributed by atoms with Crippen LogP contribution in [0, 0.1) is 6.92 Å². The van der Waals surface area contributed by atoms with Crippen LogP contribution in [0.2, 0.25) is 0 Å². The molecule has 0 aliphatic heterocycles. The molecule has 0 aliphatic carbocycles. The van der Waals surface area contributed by atoms with E-state index in [2.05, 4.69) is 16.9 Å². The molecule has 0 atom stereocenters. The van der Waals surface area contributed by atoms with Crippen LogP contribution >= 0.6 is 0 Å². The molecule has 0 unspecified atom stereocenters. The minimum Gasteiger partial charge on any atom is -0.330 e. The minimum atomic E-state index is 0.636. The van der Waals surface area contributed by atoms with E-state index in [-0.39, 0.29) is 0 Å². The number of hydrogen-bond donors (Lipinski definition) is 1. The van der Waals surface area contributed by atoms with Gasteiger partial charge in [-0.25, -0.2) is 9.97 Å². The Morgan fingerprint density at radius 1 is 1.33 bits per heavy atom. The van der Waals surface area contributed by atoms with E-state index in [1.807, 2.05) is 23.6 Å². The summed E-state index contributed by atoms with van der Waals surface area (Å²) in [6, 6.07) is 2.03. The lowest BCUT2D eigenvalue weighted by atomic mass is 10.3. The summed E-state index contributed by atoms with van der Waals surface area (Å²) in [4.78, 5) is 9.00. The van der Waals surface area contributed by atoms with Gasteiger partial charge in [0.15, 0.2) is 0 Å². The zero-order valence-corrected chi connectivity index (χ0v) is 9.20. The molecule has 80 valence electrons. The van der Waals surface area contributed by atoms with E-state index in [1.165, 1.54) is 0 Å². The van der Waals surface area contributed by atoms with Crippen LogP contribution in [-0.4, -0.2) is 20.9 Å². The van der Waals surface area contributed by atoms with Gasteiger partial charge in [0.25, 0.3) is 0 Å². The maximum atomic E-state index is 5.51. The summed E-state index contributed by atoms with van der Waals surface area (Å²) in [6.45, 7) is 4.74. The van der Waals surface area contributed by atoms with Gasteiger partial charge in [0.1, 0.15) is 11.5 Å². The van der Waals surface area contributed by atoms with Crippen molar-refractivity contribution in [1.82, 2.24) is 14.4 Å². The SMILES string of the molecule is CCc1cc2nc(CCN)cn2c(C)n1. The summed E-state index contributed by atoms with van der Waals surface area (Å²) in [5.74, 6) is 0.986. The zero-order valence-electron chi connectivity index (χ0n) is 9.20. The maximum absolute atomic E-state index is 5.51. The Kier molecular flexibility index (Phi) is 2.68. The van der Waals surface area contributed by atoms with Crippen LogP contribution in [0.25, 0.3) is 5.65 Å². The molecule has 4 heteroatoms. The van der Waals surface area contributed by atoms with E-state index in [0.717, 1.165) is 35.7 Å². The van der Waals surface area contributed by atoms with E-state index in [4.69, 9.17) is 5.73 Å². The van der Waals surface area contributed by atoms with Crippen LogP contribution in [0.15, 0.2) is 12.3 Å². The van der Waals surface area contributed by atoms with Crippen LogP contribution < -0.4 is 5.73 Å². The molecule has 2 heterocycles. The first kappa shape index (κ1) is 10.1. The number of aromatic nitrogens is 3. The number of rotatable bonds is 3. The second kappa shape index (κ2) is 3.98. The predicted molar refractivity (Wildman–Crippen MR) is 59.9 cm³/mol. The highest BCUT2D eigenvalue weighted by molar-refractivity contribution is 5.42. The molecule has 15 heavy (non-hydrogen) atoms. The number of hydrogen-bond acceptors (Lipinski definition) is 3.